The first kappa shape index (κ1) is 16.6. The van der Waals surface area contributed by atoms with E-state index in [1.165, 1.54) is 25.7 Å². The number of hydrogen-bond donors (Lipinski definition) is 2. The zero-order valence-corrected chi connectivity index (χ0v) is 14.4. The SMILES string of the molecule is CN(C)C(=O)CN=C(NC1CCOCC1)NC1CC2CCC1C2. The summed E-state index contributed by atoms with van der Waals surface area (Å²) >= 11 is 0. The summed E-state index contributed by atoms with van der Waals surface area (Å²) in [4.78, 5) is 18.0. The van der Waals surface area contributed by atoms with Crippen molar-refractivity contribution in [2.24, 2.45) is 16.8 Å². The minimum absolute atomic E-state index is 0.0334. The molecule has 0 aromatic rings. The number of amides is 1. The molecule has 2 saturated carbocycles. The van der Waals surface area contributed by atoms with Crippen LogP contribution >= 0.6 is 0 Å². The minimum Gasteiger partial charge on any atom is -0.381 e. The van der Waals surface area contributed by atoms with Gasteiger partial charge in [0.05, 0.1) is 0 Å². The number of fused-ring (bicyclic) bond motifs is 2. The van der Waals surface area contributed by atoms with Crippen LogP contribution in [0.1, 0.15) is 38.5 Å². The molecule has 0 spiro atoms. The van der Waals surface area contributed by atoms with Gasteiger partial charge in [-0.25, -0.2) is 4.99 Å². The summed E-state index contributed by atoms with van der Waals surface area (Å²) in [5, 5.41) is 7.14. The van der Waals surface area contributed by atoms with E-state index in [1.807, 2.05) is 0 Å². The summed E-state index contributed by atoms with van der Waals surface area (Å²) in [7, 11) is 3.54. The van der Waals surface area contributed by atoms with E-state index < -0.39 is 0 Å². The Morgan fingerprint density at radius 3 is 2.52 bits per heavy atom. The van der Waals surface area contributed by atoms with Crippen molar-refractivity contribution >= 4 is 11.9 Å². The maximum Gasteiger partial charge on any atom is 0.243 e. The number of carbonyl (C=O) groups is 1. The van der Waals surface area contributed by atoms with E-state index in [2.05, 4.69) is 15.6 Å². The molecular weight excluding hydrogens is 292 g/mol. The van der Waals surface area contributed by atoms with Gasteiger partial charge < -0.3 is 20.3 Å². The smallest absolute Gasteiger partial charge is 0.243 e. The van der Waals surface area contributed by atoms with E-state index in [4.69, 9.17) is 4.74 Å². The van der Waals surface area contributed by atoms with E-state index in [0.717, 1.165) is 43.9 Å². The molecule has 3 unspecified atom stereocenters. The van der Waals surface area contributed by atoms with Crippen molar-refractivity contribution in [1.29, 1.82) is 0 Å². The molecule has 6 heteroatoms. The molecule has 1 aliphatic heterocycles. The lowest BCUT2D eigenvalue weighted by Gasteiger charge is -2.29. The molecule has 0 aromatic carbocycles. The molecule has 6 nitrogen and oxygen atoms in total. The van der Waals surface area contributed by atoms with Crippen molar-refractivity contribution in [3.63, 3.8) is 0 Å². The monoisotopic (exact) mass is 322 g/mol. The van der Waals surface area contributed by atoms with Crippen LogP contribution in [0.25, 0.3) is 0 Å². The van der Waals surface area contributed by atoms with Gasteiger partial charge in [-0.05, 0) is 43.9 Å². The summed E-state index contributed by atoms with van der Waals surface area (Å²) in [5.41, 5.74) is 0. The summed E-state index contributed by atoms with van der Waals surface area (Å²) in [6.07, 6.45) is 7.34. The number of guanidine groups is 1. The third-order valence-corrected chi connectivity index (χ3v) is 5.49. The number of aliphatic imine (C=N–C) groups is 1. The van der Waals surface area contributed by atoms with E-state index in [9.17, 15) is 4.79 Å². The molecule has 2 N–H and O–H groups in total. The number of rotatable bonds is 4. The van der Waals surface area contributed by atoms with Crippen LogP contribution in [0, 0.1) is 11.8 Å². The quantitative estimate of drug-likeness (QED) is 0.598. The van der Waals surface area contributed by atoms with Crippen LogP contribution in [0.5, 0.6) is 0 Å². The van der Waals surface area contributed by atoms with Crippen LogP contribution in [-0.2, 0) is 9.53 Å². The molecule has 2 bridgehead atoms. The number of nitrogens with one attached hydrogen (secondary N) is 2. The molecule has 3 atom stereocenters. The Kier molecular flexibility index (Phi) is 5.41. The van der Waals surface area contributed by atoms with Crippen molar-refractivity contribution in [1.82, 2.24) is 15.5 Å². The summed E-state index contributed by atoms with van der Waals surface area (Å²) in [6.45, 7) is 1.80. The largest absolute Gasteiger partial charge is 0.381 e. The van der Waals surface area contributed by atoms with Crippen molar-refractivity contribution in [2.45, 2.75) is 50.6 Å². The van der Waals surface area contributed by atoms with Crippen LogP contribution < -0.4 is 10.6 Å². The lowest BCUT2D eigenvalue weighted by molar-refractivity contribution is -0.127. The zero-order chi connectivity index (χ0) is 16.2. The van der Waals surface area contributed by atoms with Gasteiger partial charge in [-0.2, -0.15) is 0 Å². The van der Waals surface area contributed by atoms with E-state index in [1.54, 1.807) is 19.0 Å². The molecule has 1 amide bonds. The summed E-state index contributed by atoms with van der Waals surface area (Å²) < 4.78 is 5.42. The first-order valence-corrected chi connectivity index (χ1v) is 8.97. The number of nitrogens with zero attached hydrogens (tertiary/aromatic N) is 2. The highest BCUT2D eigenvalue weighted by atomic mass is 16.5. The molecule has 3 fully saturated rings. The highest BCUT2D eigenvalue weighted by molar-refractivity contribution is 5.85. The maximum absolute atomic E-state index is 11.8. The zero-order valence-electron chi connectivity index (χ0n) is 14.4. The van der Waals surface area contributed by atoms with Crippen LogP contribution in [-0.4, -0.2) is 62.7 Å². The van der Waals surface area contributed by atoms with Crippen LogP contribution in [0.3, 0.4) is 0 Å². The lowest BCUT2D eigenvalue weighted by Crippen LogP contribution is -2.50. The minimum atomic E-state index is 0.0334. The fourth-order valence-electron chi connectivity index (χ4n) is 4.05. The fourth-order valence-corrected chi connectivity index (χ4v) is 4.05. The van der Waals surface area contributed by atoms with Gasteiger partial charge in [0, 0.05) is 39.4 Å². The predicted molar refractivity (Wildman–Crippen MR) is 90.3 cm³/mol. The molecular formula is C17H30N4O2. The molecule has 1 saturated heterocycles. The number of hydrogen-bond acceptors (Lipinski definition) is 3. The third kappa shape index (κ3) is 4.37. The summed E-state index contributed by atoms with van der Waals surface area (Å²) in [5.74, 6) is 2.52. The predicted octanol–water partition coefficient (Wildman–Crippen LogP) is 0.977. The molecule has 23 heavy (non-hydrogen) atoms. The van der Waals surface area contributed by atoms with Crippen LogP contribution in [0.2, 0.25) is 0 Å². The van der Waals surface area contributed by atoms with Crippen LogP contribution in [0.4, 0.5) is 0 Å². The highest BCUT2D eigenvalue weighted by Crippen LogP contribution is 2.44. The number of ether oxygens (including phenoxy) is 1. The molecule has 0 aromatic heterocycles. The van der Waals surface area contributed by atoms with Gasteiger partial charge in [0.15, 0.2) is 5.96 Å². The van der Waals surface area contributed by atoms with Gasteiger partial charge >= 0.3 is 0 Å². The Labute approximate surface area is 139 Å². The maximum atomic E-state index is 11.8. The molecule has 3 rings (SSSR count). The Balaban J connectivity index is 1.60. The molecule has 0 radical (unpaired) electrons. The van der Waals surface area contributed by atoms with E-state index in [-0.39, 0.29) is 12.5 Å². The number of carbonyl (C=O) groups excluding carboxylic acids is 1. The van der Waals surface area contributed by atoms with E-state index in [0.29, 0.717) is 12.1 Å². The highest BCUT2D eigenvalue weighted by Gasteiger charge is 2.40. The van der Waals surface area contributed by atoms with Crippen molar-refractivity contribution in [3.8, 4) is 0 Å². The van der Waals surface area contributed by atoms with Gasteiger partial charge in [-0.1, -0.05) is 6.42 Å². The standard InChI is InChI=1S/C17H30N4O2/c1-21(2)16(22)11-18-17(19-14-5-7-23-8-6-14)20-15-10-12-3-4-13(15)9-12/h12-15H,3-11H2,1-2H3,(H2,18,19,20). The first-order valence-electron chi connectivity index (χ1n) is 8.97. The Morgan fingerprint density at radius 2 is 1.91 bits per heavy atom. The van der Waals surface area contributed by atoms with Gasteiger partial charge in [-0.3, -0.25) is 4.79 Å². The molecule has 2 aliphatic carbocycles. The first-order chi connectivity index (χ1) is 11.1. The van der Waals surface area contributed by atoms with Crippen molar-refractivity contribution < 1.29 is 9.53 Å². The van der Waals surface area contributed by atoms with E-state index >= 15 is 0 Å². The lowest BCUT2D eigenvalue weighted by atomic mass is 9.95. The van der Waals surface area contributed by atoms with Gasteiger partial charge in [0.2, 0.25) is 5.91 Å². The topological polar surface area (TPSA) is 66.0 Å². The van der Waals surface area contributed by atoms with Crippen molar-refractivity contribution in [3.05, 3.63) is 0 Å². The average molecular weight is 322 g/mol. The summed E-state index contributed by atoms with van der Waals surface area (Å²) in [6, 6.07) is 0.914. The van der Waals surface area contributed by atoms with Gasteiger partial charge in [-0.15, -0.1) is 0 Å². The number of likely N-dealkylation sites (N-methyl/N-ethyl adjacent to an activating group) is 1. The Bertz CT molecular complexity index is 446. The molecule has 1 heterocycles. The van der Waals surface area contributed by atoms with Crippen LogP contribution in [0.15, 0.2) is 4.99 Å². The van der Waals surface area contributed by atoms with Gasteiger partial charge in [0.1, 0.15) is 6.54 Å². The second-order valence-corrected chi connectivity index (χ2v) is 7.41. The second kappa shape index (κ2) is 7.51. The molecule has 3 aliphatic rings. The fraction of sp³-hybridized carbons (Fsp3) is 0.882. The third-order valence-electron chi connectivity index (χ3n) is 5.49. The average Bonchev–Trinajstić information content (AvgIpc) is 3.16. The Hall–Kier alpha value is -1.30. The normalized spacial score (nSPS) is 31.2. The van der Waals surface area contributed by atoms with Crippen molar-refractivity contribution in [2.75, 3.05) is 33.9 Å². The molecule has 130 valence electrons. The van der Waals surface area contributed by atoms with Gasteiger partial charge in [0.25, 0.3) is 0 Å². The Morgan fingerprint density at radius 1 is 1.13 bits per heavy atom. The second-order valence-electron chi connectivity index (χ2n) is 7.41.